The van der Waals surface area contributed by atoms with Crippen molar-refractivity contribution >= 4 is 52.1 Å². The van der Waals surface area contributed by atoms with Crippen LogP contribution in [0.5, 0.6) is 0 Å². The predicted octanol–water partition coefficient (Wildman–Crippen LogP) is 4.42. The summed E-state index contributed by atoms with van der Waals surface area (Å²) in [6, 6.07) is 11.6. The lowest BCUT2D eigenvalue weighted by Gasteiger charge is -2.18. The van der Waals surface area contributed by atoms with Crippen LogP contribution in [0.3, 0.4) is 0 Å². The third-order valence-electron chi connectivity index (χ3n) is 3.69. The van der Waals surface area contributed by atoms with Crippen molar-refractivity contribution in [2.75, 3.05) is 22.6 Å². The Morgan fingerprint density at radius 2 is 1.72 bits per heavy atom. The molecule has 1 unspecified atom stereocenters. The first kappa shape index (κ1) is 19.1. The maximum absolute atomic E-state index is 12.3. The Morgan fingerprint density at radius 1 is 1.08 bits per heavy atom. The van der Waals surface area contributed by atoms with Gasteiger partial charge in [-0.1, -0.05) is 23.2 Å². The van der Waals surface area contributed by atoms with Crippen LogP contribution >= 0.6 is 23.2 Å². The number of hydrogen-bond donors (Lipinski definition) is 2. The molecule has 0 aliphatic carbocycles. The van der Waals surface area contributed by atoms with Crippen molar-refractivity contribution < 1.29 is 9.59 Å². The van der Waals surface area contributed by atoms with E-state index in [1.165, 1.54) is 6.92 Å². The highest BCUT2D eigenvalue weighted by Crippen LogP contribution is 2.25. The second kappa shape index (κ2) is 8.23. The molecule has 0 aromatic heterocycles. The van der Waals surface area contributed by atoms with Crippen molar-refractivity contribution in [2.45, 2.75) is 19.9 Å². The van der Waals surface area contributed by atoms with Crippen LogP contribution in [-0.2, 0) is 9.59 Å². The van der Waals surface area contributed by atoms with Gasteiger partial charge in [0.15, 0.2) is 0 Å². The lowest BCUT2D eigenvalue weighted by molar-refractivity contribution is -0.117. The summed E-state index contributed by atoms with van der Waals surface area (Å²) in [4.78, 5) is 25.2. The van der Waals surface area contributed by atoms with Crippen LogP contribution in [0.25, 0.3) is 0 Å². The van der Waals surface area contributed by atoms with Crippen molar-refractivity contribution in [2.24, 2.45) is 0 Å². The summed E-state index contributed by atoms with van der Waals surface area (Å²) >= 11 is 12.0. The van der Waals surface area contributed by atoms with Crippen molar-refractivity contribution in [3.63, 3.8) is 0 Å². The van der Waals surface area contributed by atoms with Crippen LogP contribution in [0, 0.1) is 0 Å². The Labute approximate surface area is 156 Å². The monoisotopic (exact) mass is 379 g/mol. The molecule has 0 bridgehead atoms. The number of nitrogens with one attached hydrogen (secondary N) is 2. The first-order valence-corrected chi connectivity index (χ1v) is 8.40. The molecule has 2 amide bonds. The molecule has 0 fully saturated rings. The van der Waals surface area contributed by atoms with Gasteiger partial charge in [0.25, 0.3) is 0 Å². The zero-order chi connectivity index (χ0) is 18.6. The Hall–Kier alpha value is -2.24. The summed E-state index contributed by atoms with van der Waals surface area (Å²) in [6.07, 6.45) is 0. The van der Waals surface area contributed by atoms with E-state index in [2.05, 4.69) is 10.6 Å². The van der Waals surface area contributed by atoms with Gasteiger partial charge in [-0.25, -0.2) is 0 Å². The summed E-state index contributed by atoms with van der Waals surface area (Å²) in [6.45, 7) is 3.24. The molecule has 0 heterocycles. The first-order valence-electron chi connectivity index (χ1n) is 7.64. The lowest BCUT2D eigenvalue weighted by atomic mass is 10.2. The number of benzene rings is 2. The Morgan fingerprint density at radius 3 is 2.32 bits per heavy atom. The van der Waals surface area contributed by atoms with Crippen LogP contribution in [0.15, 0.2) is 42.5 Å². The average molecular weight is 380 g/mol. The summed E-state index contributed by atoms with van der Waals surface area (Å²) in [5.74, 6) is -0.291. The normalized spacial score (nSPS) is 11.6. The van der Waals surface area contributed by atoms with Crippen molar-refractivity contribution in [3.05, 3.63) is 52.5 Å². The zero-order valence-electron chi connectivity index (χ0n) is 14.1. The predicted molar refractivity (Wildman–Crippen MR) is 104 cm³/mol. The standard InChI is InChI=1S/C18H19Cl2N3O2/c1-11(18(25)22-17-10-13(19)4-9-16(17)20)21-14-5-7-15(8-6-14)23(3)12(2)24/h4-11,21H,1-3H3,(H,22,25). The summed E-state index contributed by atoms with van der Waals surface area (Å²) in [5, 5.41) is 6.75. The molecular weight excluding hydrogens is 361 g/mol. The van der Waals surface area contributed by atoms with Gasteiger partial charge < -0.3 is 15.5 Å². The van der Waals surface area contributed by atoms with Crippen LogP contribution in [0.2, 0.25) is 10.0 Å². The van der Waals surface area contributed by atoms with Crippen molar-refractivity contribution in [1.82, 2.24) is 0 Å². The number of hydrogen-bond acceptors (Lipinski definition) is 3. The second-order valence-electron chi connectivity index (χ2n) is 5.60. The topological polar surface area (TPSA) is 61.4 Å². The van der Waals surface area contributed by atoms with E-state index < -0.39 is 6.04 Å². The molecule has 132 valence electrons. The fraction of sp³-hybridized carbons (Fsp3) is 0.222. The molecule has 0 aliphatic rings. The minimum absolute atomic E-state index is 0.0492. The van der Waals surface area contributed by atoms with E-state index in [4.69, 9.17) is 23.2 Å². The highest BCUT2D eigenvalue weighted by atomic mass is 35.5. The molecule has 7 heteroatoms. The van der Waals surface area contributed by atoms with Gasteiger partial charge in [-0.2, -0.15) is 0 Å². The molecule has 2 aromatic carbocycles. The van der Waals surface area contributed by atoms with Crippen molar-refractivity contribution in [3.8, 4) is 0 Å². The third-order valence-corrected chi connectivity index (χ3v) is 4.25. The van der Waals surface area contributed by atoms with E-state index >= 15 is 0 Å². The molecule has 0 spiro atoms. The fourth-order valence-corrected chi connectivity index (χ4v) is 2.45. The second-order valence-corrected chi connectivity index (χ2v) is 6.45. The van der Waals surface area contributed by atoms with E-state index in [0.717, 1.165) is 11.4 Å². The van der Waals surface area contributed by atoms with Gasteiger partial charge in [-0.3, -0.25) is 9.59 Å². The number of rotatable bonds is 5. The van der Waals surface area contributed by atoms with E-state index in [9.17, 15) is 9.59 Å². The Kier molecular flexibility index (Phi) is 6.28. The van der Waals surface area contributed by atoms with Gasteiger partial charge >= 0.3 is 0 Å². The largest absolute Gasteiger partial charge is 0.374 e. The third kappa shape index (κ3) is 5.11. The van der Waals surface area contributed by atoms with Crippen LogP contribution < -0.4 is 15.5 Å². The number of halogens is 2. The molecule has 1 atom stereocenters. The van der Waals surface area contributed by atoms with Gasteiger partial charge in [0.05, 0.1) is 10.7 Å². The Balaban J connectivity index is 2.01. The minimum Gasteiger partial charge on any atom is -0.374 e. The molecule has 0 aliphatic heterocycles. The fourth-order valence-electron chi connectivity index (χ4n) is 2.11. The quantitative estimate of drug-likeness (QED) is 0.808. The summed E-state index contributed by atoms with van der Waals surface area (Å²) in [5.41, 5.74) is 2.01. The molecule has 2 aromatic rings. The number of carbonyl (C=O) groups is 2. The van der Waals surface area contributed by atoms with Crippen molar-refractivity contribution in [1.29, 1.82) is 0 Å². The van der Waals surface area contributed by atoms with E-state index in [1.807, 2.05) is 24.3 Å². The number of anilines is 3. The number of carbonyl (C=O) groups excluding carboxylic acids is 2. The zero-order valence-corrected chi connectivity index (χ0v) is 15.7. The smallest absolute Gasteiger partial charge is 0.246 e. The Bertz CT molecular complexity index is 778. The molecular formula is C18H19Cl2N3O2. The van der Waals surface area contributed by atoms with Crippen LogP contribution in [-0.4, -0.2) is 24.9 Å². The van der Waals surface area contributed by atoms with Crippen LogP contribution in [0.1, 0.15) is 13.8 Å². The highest BCUT2D eigenvalue weighted by Gasteiger charge is 2.15. The molecule has 0 radical (unpaired) electrons. The maximum atomic E-state index is 12.3. The lowest BCUT2D eigenvalue weighted by Crippen LogP contribution is -2.32. The van der Waals surface area contributed by atoms with Gasteiger partial charge in [0.2, 0.25) is 11.8 Å². The van der Waals surface area contributed by atoms with Gasteiger partial charge in [0, 0.05) is 30.4 Å². The van der Waals surface area contributed by atoms with Crippen LogP contribution in [0.4, 0.5) is 17.1 Å². The molecule has 2 rings (SSSR count). The molecule has 2 N–H and O–H groups in total. The molecule has 25 heavy (non-hydrogen) atoms. The molecule has 5 nitrogen and oxygen atoms in total. The summed E-state index contributed by atoms with van der Waals surface area (Å²) < 4.78 is 0. The van der Waals surface area contributed by atoms with E-state index in [0.29, 0.717) is 15.7 Å². The average Bonchev–Trinajstić information content (AvgIpc) is 2.58. The first-order chi connectivity index (χ1) is 11.8. The SMILES string of the molecule is CC(=O)N(C)c1ccc(NC(C)C(=O)Nc2cc(Cl)ccc2Cl)cc1. The minimum atomic E-state index is -0.494. The van der Waals surface area contributed by atoms with Gasteiger partial charge in [0.1, 0.15) is 6.04 Å². The maximum Gasteiger partial charge on any atom is 0.246 e. The highest BCUT2D eigenvalue weighted by molar-refractivity contribution is 6.35. The molecule has 0 saturated heterocycles. The number of nitrogens with zero attached hydrogens (tertiary/aromatic N) is 1. The van der Waals surface area contributed by atoms with E-state index in [1.54, 1.807) is 37.1 Å². The van der Waals surface area contributed by atoms with Gasteiger partial charge in [-0.15, -0.1) is 0 Å². The molecule has 0 saturated carbocycles. The van der Waals surface area contributed by atoms with E-state index in [-0.39, 0.29) is 11.8 Å². The number of amides is 2. The summed E-state index contributed by atoms with van der Waals surface area (Å²) in [7, 11) is 1.70. The van der Waals surface area contributed by atoms with Gasteiger partial charge in [-0.05, 0) is 49.4 Å².